The quantitative estimate of drug-likeness (QED) is 0.638. The van der Waals surface area contributed by atoms with Gasteiger partial charge >= 0.3 is 0 Å². The summed E-state index contributed by atoms with van der Waals surface area (Å²) in [4.78, 5) is 22.0. The van der Waals surface area contributed by atoms with Crippen LogP contribution in [-0.4, -0.2) is 11.8 Å². The smallest absolute Gasteiger partial charge is 0.249 e. The molecule has 0 bridgehead atoms. The highest BCUT2D eigenvalue weighted by Gasteiger charge is 2.15. The van der Waals surface area contributed by atoms with Gasteiger partial charge in [0.15, 0.2) is 0 Å². The molecule has 0 fully saturated rings. The summed E-state index contributed by atoms with van der Waals surface area (Å²) in [6, 6.07) is 0. The van der Waals surface area contributed by atoms with Crippen molar-refractivity contribution in [3.63, 3.8) is 0 Å². The second kappa shape index (κ2) is 4.23. The Morgan fingerprint density at radius 3 is 1.43 bits per heavy atom. The van der Waals surface area contributed by atoms with Gasteiger partial charge in [-0.1, -0.05) is 24.3 Å². The molecule has 0 radical (unpaired) electrons. The number of amides is 2. The first kappa shape index (κ1) is 9.98. The third-order valence-corrected chi connectivity index (χ3v) is 1.68. The van der Waals surface area contributed by atoms with E-state index in [1.807, 2.05) is 0 Å². The molecule has 2 amide bonds. The summed E-state index contributed by atoms with van der Waals surface area (Å²) in [5.41, 5.74) is 10.5. The lowest BCUT2D eigenvalue weighted by molar-refractivity contribution is -0.117. The molecule has 1 aliphatic rings. The Balaban J connectivity index is 3.19. The molecule has 4 nitrogen and oxygen atoms in total. The zero-order chi connectivity index (χ0) is 10.6. The van der Waals surface area contributed by atoms with Crippen molar-refractivity contribution >= 4 is 11.8 Å². The monoisotopic (exact) mass is 190 g/mol. The van der Waals surface area contributed by atoms with Gasteiger partial charge < -0.3 is 11.5 Å². The normalized spacial score (nSPS) is 27.1. The Labute approximate surface area is 81.3 Å². The van der Waals surface area contributed by atoms with Crippen LogP contribution in [0.5, 0.6) is 0 Å². The van der Waals surface area contributed by atoms with E-state index in [2.05, 4.69) is 0 Å². The maximum Gasteiger partial charge on any atom is 0.249 e. The van der Waals surface area contributed by atoms with Crippen LogP contribution in [0.3, 0.4) is 0 Å². The van der Waals surface area contributed by atoms with E-state index in [4.69, 9.17) is 11.5 Å². The number of primary amides is 2. The number of carbonyl (C=O) groups is 2. The van der Waals surface area contributed by atoms with Gasteiger partial charge in [0.05, 0.1) is 11.1 Å². The molecule has 4 N–H and O–H groups in total. The zero-order valence-corrected chi connectivity index (χ0v) is 7.44. The summed E-state index contributed by atoms with van der Waals surface area (Å²) >= 11 is 0. The van der Waals surface area contributed by atoms with Gasteiger partial charge in [-0.3, -0.25) is 9.59 Å². The largest absolute Gasteiger partial charge is 0.366 e. The minimum absolute atomic E-state index is 0.123. The molecule has 0 aromatic carbocycles. The fraction of sp³-hybridized carbons (Fsp3) is 0. The molecule has 0 atom stereocenters. The first-order valence-corrected chi connectivity index (χ1v) is 3.98. The summed E-state index contributed by atoms with van der Waals surface area (Å²) in [6.07, 6.45) is 9.60. The fourth-order valence-corrected chi connectivity index (χ4v) is 1.04. The van der Waals surface area contributed by atoms with Crippen molar-refractivity contribution in [2.75, 3.05) is 0 Å². The zero-order valence-electron chi connectivity index (χ0n) is 7.44. The topological polar surface area (TPSA) is 86.2 Å². The minimum atomic E-state index is -0.671. The lowest BCUT2D eigenvalue weighted by Crippen LogP contribution is -2.23. The molecule has 72 valence electrons. The predicted molar refractivity (Wildman–Crippen MR) is 52.8 cm³/mol. The van der Waals surface area contributed by atoms with Crippen LogP contribution in [0.25, 0.3) is 0 Å². The van der Waals surface area contributed by atoms with Gasteiger partial charge in [0.25, 0.3) is 0 Å². The Bertz CT molecular complexity index is 349. The van der Waals surface area contributed by atoms with Crippen LogP contribution < -0.4 is 11.5 Å². The average Bonchev–Trinajstić information content (AvgIpc) is 2.01. The van der Waals surface area contributed by atoms with Gasteiger partial charge in [0, 0.05) is 0 Å². The molecule has 0 aromatic heterocycles. The van der Waals surface area contributed by atoms with Crippen LogP contribution in [0.2, 0.25) is 0 Å². The van der Waals surface area contributed by atoms with Crippen molar-refractivity contribution in [2.45, 2.75) is 0 Å². The molecule has 14 heavy (non-hydrogen) atoms. The number of allylic oxidation sites excluding steroid dienone is 6. The Kier molecular flexibility index (Phi) is 3.01. The van der Waals surface area contributed by atoms with Gasteiger partial charge in [-0.15, -0.1) is 0 Å². The minimum Gasteiger partial charge on any atom is -0.366 e. The predicted octanol–water partition coefficient (Wildman–Crippen LogP) is -0.0642. The number of rotatable bonds is 2. The van der Waals surface area contributed by atoms with E-state index in [-0.39, 0.29) is 11.1 Å². The second-order valence-electron chi connectivity index (χ2n) is 2.66. The average molecular weight is 190 g/mol. The third-order valence-electron chi connectivity index (χ3n) is 1.68. The van der Waals surface area contributed by atoms with Gasteiger partial charge in [-0.25, -0.2) is 0 Å². The lowest BCUT2D eigenvalue weighted by atomic mass is 10.0. The van der Waals surface area contributed by atoms with Crippen LogP contribution in [0.15, 0.2) is 47.6 Å². The molecule has 4 heteroatoms. The summed E-state index contributed by atoms with van der Waals surface area (Å²) in [6.45, 7) is 0. The highest BCUT2D eigenvalue weighted by atomic mass is 16.2. The Morgan fingerprint density at radius 2 is 1.14 bits per heavy atom. The molecule has 0 aromatic rings. The van der Waals surface area contributed by atoms with Crippen molar-refractivity contribution in [3.05, 3.63) is 47.6 Å². The van der Waals surface area contributed by atoms with Crippen molar-refractivity contribution < 1.29 is 9.59 Å². The van der Waals surface area contributed by atoms with Crippen molar-refractivity contribution in [3.8, 4) is 0 Å². The van der Waals surface area contributed by atoms with Crippen LogP contribution in [-0.2, 0) is 9.59 Å². The maximum atomic E-state index is 11.0. The van der Waals surface area contributed by atoms with E-state index >= 15 is 0 Å². The molecule has 0 aliphatic heterocycles. The SMILES string of the molecule is NC(=O)C1=C/C=C\C=C/C=C\1C(N)=O. The Hall–Kier alpha value is -2.10. The van der Waals surface area contributed by atoms with E-state index in [1.165, 1.54) is 12.2 Å². The number of hydrogen-bond donors (Lipinski definition) is 2. The van der Waals surface area contributed by atoms with Crippen LogP contribution >= 0.6 is 0 Å². The summed E-state index contributed by atoms with van der Waals surface area (Å²) in [7, 11) is 0. The standard InChI is InChI=1S/C10H10N2O2/c11-9(13)7-5-3-1-2-4-6-8(7)10(12)14/h1-6H,(H2,11,13)(H2,12,14)/b2-1?,3-1-,4-2-,5-3?,6-4?,7-5+,8-6+,8-7?. The number of nitrogens with two attached hydrogens (primary N) is 2. The van der Waals surface area contributed by atoms with Crippen LogP contribution in [0.1, 0.15) is 0 Å². The first-order valence-electron chi connectivity index (χ1n) is 3.98. The van der Waals surface area contributed by atoms with Gasteiger partial charge in [0.2, 0.25) is 11.8 Å². The van der Waals surface area contributed by atoms with Gasteiger partial charge in [0.1, 0.15) is 0 Å². The molecular formula is C10H10N2O2. The first-order chi connectivity index (χ1) is 6.63. The van der Waals surface area contributed by atoms with Crippen LogP contribution in [0.4, 0.5) is 0 Å². The lowest BCUT2D eigenvalue weighted by Gasteiger charge is -2.04. The third kappa shape index (κ3) is 2.20. The fourth-order valence-electron chi connectivity index (χ4n) is 1.04. The summed E-state index contributed by atoms with van der Waals surface area (Å²) in [5.74, 6) is -1.34. The van der Waals surface area contributed by atoms with E-state index in [9.17, 15) is 9.59 Å². The molecular weight excluding hydrogens is 180 g/mol. The maximum absolute atomic E-state index is 11.0. The Morgan fingerprint density at radius 1 is 0.786 bits per heavy atom. The van der Waals surface area contributed by atoms with Crippen molar-refractivity contribution in [1.29, 1.82) is 0 Å². The molecule has 0 saturated carbocycles. The van der Waals surface area contributed by atoms with E-state index in [0.29, 0.717) is 0 Å². The van der Waals surface area contributed by atoms with E-state index in [0.717, 1.165) is 0 Å². The van der Waals surface area contributed by atoms with Gasteiger partial charge in [-0.2, -0.15) is 0 Å². The molecule has 1 aliphatic carbocycles. The second-order valence-corrected chi connectivity index (χ2v) is 2.66. The summed E-state index contributed by atoms with van der Waals surface area (Å²) < 4.78 is 0. The molecule has 0 saturated heterocycles. The van der Waals surface area contributed by atoms with E-state index < -0.39 is 11.8 Å². The highest BCUT2D eigenvalue weighted by Crippen LogP contribution is 2.11. The number of carbonyl (C=O) groups excluding carboxylic acids is 2. The van der Waals surface area contributed by atoms with Crippen molar-refractivity contribution in [2.24, 2.45) is 11.5 Å². The van der Waals surface area contributed by atoms with Crippen molar-refractivity contribution in [1.82, 2.24) is 0 Å². The molecule has 0 spiro atoms. The highest BCUT2D eigenvalue weighted by molar-refractivity contribution is 6.10. The molecule has 1 rings (SSSR count). The summed E-state index contributed by atoms with van der Waals surface area (Å²) in [5, 5.41) is 0. The van der Waals surface area contributed by atoms with Gasteiger partial charge in [-0.05, 0) is 12.2 Å². The van der Waals surface area contributed by atoms with E-state index in [1.54, 1.807) is 24.3 Å². The molecule has 0 heterocycles. The number of hydrogen-bond acceptors (Lipinski definition) is 2. The molecule has 0 unspecified atom stereocenters. The van der Waals surface area contributed by atoms with Crippen LogP contribution in [0, 0.1) is 0 Å².